The average Bonchev–Trinajstić information content (AvgIpc) is 3.17. The Kier molecular flexibility index (Phi) is 9.05. The fraction of sp³-hybridized carbons (Fsp3) is 0.968. The summed E-state index contributed by atoms with van der Waals surface area (Å²) in [7, 11) is 0. The van der Waals surface area contributed by atoms with E-state index < -0.39 is 24.4 Å². The Hall–Kier alpha value is -0.690. The zero-order valence-corrected chi connectivity index (χ0v) is 23.9. The molecule has 4 N–H and O–H groups in total. The van der Waals surface area contributed by atoms with Gasteiger partial charge in [0.2, 0.25) is 0 Å². The van der Waals surface area contributed by atoms with Crippen molar-refractivity contribution in [3.63, 3.8) is 0 Å². The number of hydrogen-bond acceptors (Lipinski definition) is 6. The Morgan fingerprint density at radius 2 is 1.65 bits per heavy atom. The van der Waals surface area contributed by atoms with E-state index in [1.54, 1.807) is 0 Å². The van der Waals surface area contributed by atoms with Gasteiger partial charge >= 0.3 is 5.97 Å². The Balaban J connectivity index is 1.48. The maximum absolute atomic E-state index is 13.1. The first-order chi connectivity index (χ1) is 17.5. The molecule has 6 nitrogen and oxygen atoms in total. The molecule has 214 valence electrons. The van der Waals surface area contributed by atoms with E-state index in [0.29, 0.717) is 24.9 Å². The van der Waals surface area contributed by atoms with Gasteiger partial charge in [-0.1, -0.05) is 60.3 Å². The van der Waals surface area contributed by atoms with E-state index in [0.717, 1.165) is 38.5 Å². The molecule has 3 aliphatic carbocycles. The average molecular weight is 523 g/mol. The summed E-state index contributed by atoms with van der Waals surface area (Å²) in [6, 6.07) is 0. The highest BCUT2D eigenvalue weighted by atomic mass is 16.5. The smallest absolute Gasteiger partial charge is 0.309 e. The highest BCUT2D eigenvalue weighted by Gasteiger charge is 2.63. The topological polar surface area (TPSA) is 107 Å². The van der Waals surface area contributed by atoms with Crippen LogP contribution in [0.25, 0.3) is 0 Å². The van der Waals surface area contributed by atoms with Gasteiger partial charge < -0.3 is 25.2 Å². The van der Waals surface area contributed by atoms with Gasteiger partial charge in [-0.15, -0.1) is 0 Å². The van der Waals surface area contributed by atoms with Gasteiger partial charge in [-0.2, -0.15) is 0 Å². The molecule has 13 atom stereocenters. The first-order valence-electron chi connectivity index (χ1n) is 15.3. The van der Waals surface area contributed by atoms with E-state index in [9.17, 15) is 25.2 Å². The van der Waals surface area contributed by atoms with Gasteiger partial charge in [-0.25, -0.2) is 0 Å². The number of aliphatic hydroxyl groups excluding tert-OH is 4. The second kappa shape index (κ2) is 11.4. The lowest BCUT2D eigenvalue weighted by atomic mass is 9.48. The molecule has 4 aliphatic rings. The highest BCUT2D eigenvalue weighted by Crippen LogP contribution is 2.66. The van der Waals surface area contributed by atoms with Crippen LogP contribution in [0.5, 0.6) is 0 Å². The largest absolute Gasteiger partial charge is 0.465 e. The number of carbonyl (C=O) groups is 1. The number of carbonyl (C=O) groups excluding carboxylic acids is 1. The third-order valence-corrected chi connectivity index (χ3v) is 12.0. The highest BCUT2D eigenvalue weighted by molar-refractivity contribution is 5.74. The van der Waals surface area contributed by atoms with Gasteiger partial charge in [0.05, 0.1) is 36.9 Å². The van der Waals surface area contributed by atoms with E-state index in [1.807, 2.05) is 0 Å². The summed E-state index contributed by atoms with van der Waals surface area (Å²) in [4.78, 5) is 13.1. The van der Waals surface area contributed by atoms with Crippen LogP contribution in [0.15, 0.2) is 0 Å². The minimum absolute atomic E-state index is 0.00274. The van der Waals surface area contributed by atoms with Crippen LogP contribution < -0.4 is 0 Å². The van der Waals surface area contributed by atoms with Crippen molar-refractivity contribution in [2.75, 3.05) is 6.61 Å². The Morgan fingerprint density at radius 1 is 0.946 bits per heavy atom. The van der Waals surface area contributed by atoms with Crippen LogP contribution in [0.2, 0.25) is 0 Å². The fourth-order valence-electron chi connectivity index (χ4n) is 9.64. The molecule has 4 fully saturated rings. The Bertz CT molecular complexity index is 788. The lowest BCUT2D eigenvalue weighted by Crippen LogP contribution is -2.55. The second-order valence-electron chi connectivity index (χ2n) is 14.0. The number of rotatable bonds is 9. The summed E-state index contributed by atoms with van der Waals surface area (Å²) < 4.78 is 5.89. The van der Waals surface area contributed by atoms with Crippen LogP contribution in [-0.2, 0) is 9.53 Å². The molecule has 6 heteroatoms. The summed E-state index contributed by atoms with van der Waals surface area (Å²) in [5.74, 6) is 0.729. The molecular weight excluding hydrogens is 468 g/mol. The van der Waals surface area contributed by atoms with E-state index in [4.69, 9.17) is 4.74 Å². The molecule has 0 aromatic heterocycles. The van der Waals surface area contributed by atoms with Gasteiger partial charge in [0.25, 0.3) is 0 Å². The van der Waals surface area contributed by atoms with Crippen molar-refractivity contribution < 1.29 is 30.0 Å². The van der Waals surface area contributed by atoms with Gasteiger partial charge in [0.15, 0.2) is 0 Å². The standard InChI is InChI=1S/C31H54O6/c1-6-7-8-9-10-18(2)27(34)28(35)19(3)21-11-12-22-20-17-37-29(36)24-15-25(32)26(33)16-31(24,5)23(20)13-14-30(21,22)4/h18-28,32-35H,6-17H2,1-5H3/t18-,19-,20-,21+,22-,23-,24+,25-,26+,27+,28+,30+,31+/m0/s1. The molecule has 0 spiro atoms. The van der Waals surface area contributed by atoms with Gasteiger partial charge in [-0.3, -0.25) is 4.79 Å². The van der Waals surface area contributed by atoms with E-state index >= 15 is 0 Å². The molecule has 4 rings (SSSR count). The minimum Gasteiger partial charge on any atom is -0.465 e. The predicted octanol–water partition coefficient (Wildman–Crippen LogP) is 4.70. The maximum Gasteiger partial charge on any atom is 0.309 e. The van der Waals surface area contributed by atoms with Crippen molar-refractivity contribution in [1.82, 2.24) is 0 Å². The van der Waals surface area contributed by atoms with Gasteiger partial charge in [0.1, 0.15) is 0 Å². The third-order valence-electron chi connectivity index (χ3n) is 12.0. The maximum atomic E-state index is 13.1. The summed E-state index contributed by atoms with van der Waals surface area (Å²) in [5, 5.41) is 43.3. The quantitative estimate of drug-likeness (QED) is 0.258. The van der Waals surface area contributed by atoms with Crippen molar-refractivity contribution >= 4 is 5.97 Å². The monoisotopic (exact) mass is 522 g/mol. The van der Waals surface area contributed by atoms with Crippen molar-refractivity contribution in [1.29, 1.82) is 0 Å². The number of ether oxygens (including phenoxy) is 1. The number of hydrogen-bond donors (Lipinski definition) is 4. The van der Waals surface area contributed by atoms with E-state index in [-0.39, 0.29) is 52.8 Å². The summed E-state index contributed by atoms with van der Waals surface area (Å²) in [5.41, 5.74) is -0.341. The van der Waals surface area contributed by atoms with Crippen LogP contribution in [0.3, 0.4) is 0 Å². The Labute approximate surface area is 224 Å². The van der Waals surface area contributed by atoms with Crippen LogP contribution >= 0.6 is 0 Å². The zero-order chi connectivity index (χ0) is 27.1. The molecule has 1 aliphatic heterocycles. The SMILES string of the molecule is CCCCCC[C@H](C)[C@@H](O)[C@H](O)[C@@H](C)[C@H]1CC[C@H]2[C@@H]3COC(=O)[C@H]4C[C@H](O)[C@H](O)C[C@]4(C)[C@H]3CC[C@]12C. The van der Waals surface area contributed by atoms with Crippen molar-refractivity contribution in [2.45, 2.75) is 130 Å². The number of aliphatic hydroxyl groups is 4. The lowest BCUT2D eigenvalue weighted by Gasteiger charge is -2.56. The molecule has 1 heterocycles. The molecule has 0 unspecified atom stereocenters. The number of cyclic esters (lactones) is 1. The van der Waals surface area contributed by atoms with Crippen LogP contribution in [0, 0.1) is 52.3 Å². The predicted molar refractivity (Wildman–Crippen MR) is 143 cm³/mol. The second-order valence-corrected chi connectivity index (χ2v) is 14.0. The van der Waals surface area contributed by atoms with Gasteiger partial charge in [-0.05, 0) is 91.3 Å². The van der Waals surface area contributed by atoms with E-state index in [1.165, 1.54) is 19.3 Å². The number of unbranched alkanes of at least 4 members (excludes halogenated alkanes) is 3. The normalized spacial score (nSPS) is 45.0. The lowest BCUT2D eigenvalue weighted by molar-refractivity contribution is -0.162. The molecule has 1 saturated heterocycles. The zero-order valence-electron chi connectivity index (χ0n) is 23.9. The van der Waals surface area contributed by atoms with Crippen molar-refractivity contribution in [2.24, 2.45) is 52.3 Å². The van der Waals surface area contributed by atoms with Gasteiger partial charge in [0, 0.05) is 0 Å². The third kappa shape index (κ3) is 5.26. The first kappa shape index (κ1) is 29.3. The number of fused-ring (bicyclic) bond motifs is 5. The Morgan fingerprint density at radius 3 is 2.35 bits per heavy atom. The number of esters is 1. The summed E-state index contributed by atoms with van der Waals surface area (Å²) in [6.45, 7) is 11.4. The van der Waals surface area contributed by atoms with Crippen molar-refractivity contribution in [3.8, 4) is 0 Å². The fourth-order valence-corrected chi connectivity index (χ4v) is 9.64. The molecule has 0 amide bonds. The van der Waals surface area contributed by atoms with Crippen LogP contribution in [0.4, 0.5) is 0 Å². The molecule has 0 radical (unpaired) electrons. The molecule has 37 heavy (non-hydrogen) atoms. The van der Waals surface area contributed by atoms with E-state index in [2.05, 4.69) is 34.6 Å². The molecule has 0 aromatic carbocycles. The molecule has 0 bridgehead atoms. The van der Waals surface area contributed by atoms with Crippen molar-refractivity contribution in [3.05, 3.63) is 0 Å². The molecule has 0 aromatic rings. The van der Waals surface area contributed by atoms with Crippen LogP contribution in [-0.4, -0.2) is 57.4 Å². The first-order valence-corrected chi connectivity index (χ1v) is 15.3. The molecular formula is C31H54O6. The summed E-state index contributed by atoms with van der Waals surface area (Å²) >= 11 is 0. The minimum atomic E-state index is -0.866. The summed E-state index contributed by atoms with van der Waals surface area (Å²) in [6.07, 6.45) is 7.35. The molecule has 3 saturated carbocycles. The van der Waals surface area contributed by atoms with Crippen LogP contribution in [0.1, 0.15) is 105 Å².